The van der Waals surface area contributed by atoms with Gasteiger partial charge in [-0.1, -0.05) is 36.4 Å². The number of esters is 1. The molecular weight excluding hydrogens is 414 g/mol. The zero-order valence-electron chi connectivity index (χ0n) is 18.7. The first-order valence-corrected chi connectivity index (χ1v) is 11.2. The van der Waals surface area contributed by atoms with Crippen molar-refractivity contribution in [2.45, 2.75) is 33.2 Å². The van der Waals surface area contributed by atoms with E-state index in [0.717, 1.165) is 52.2 Å². The first kappa shape index (κ1) is 20.9. The van der Waals surface area contributed by atoms with Gasteiger partial charge in [0.1, 0.15) is 5.69 Å². The van der Waals surface area contributed by atoms with Gasteiger partial charge in [-0.15, -0.1) is 0 Å². The lowest BCUT2D eigenvalue weighted by Gasteiger charge is -2.21. The maximum Gasteiger partial charge on any atom is 0.354 e. The number of ether oxygens (including phenoxy) is 1. The maximum atomic E-state index is 13.1. The Hall–Kier alpha value is -3.93. The fourth-order valence-corrected chi connectivity index (χ4v) is 4.49. The smallest absolute Gasteiger partial charge is 0.354 e. The van der Waals surface area contributed by atoms with Crippen molar-refractivity contribution in [2.75, 3.05) is 6.61 Å². The number of hydrogen-bond acceptors (Lipinski definition) is 4. The molecule has 0 unspecified atom stereocenters. The normalized spacial score (nSPS) is 12.2. The third kappa shape index (κ3) is 3.89. The number of rotatable bonds is 5. The van der Waals surface area contributed by atoms with Crippen molar-refractivity contribution in [3.8, 4) is 22.5 Å². The highest BCUT2D eigenvalue weighted by atomic mass is 16.5. The zero-order valence-corrected chi connectivity index (χ0v) is 18.7. The van der Waals surface area contributed by atoms with Gasteiger partial charge in [-0.3, -0.25) is 9.78 Å². The minimum absolute atomic E-state index is 0.143. The van der Waals surface area contributed by atoms with Gasteiger partial charge in [-0.25, -0.2) is 4.79 Å². The Morgan fingerprint density at radius 1 is 1.09 bits per heavy atom. The lowest BCUT2D eigenvalue weighted by atomic mass is 9.92. The molecule has 1 aliphatic rings. The van der Waals surface area contributed by atoms with Crippen molar-refractivity contribution in [1.29, 1.82) is 0 Å². The lowest BCUT2D eigenvalue weighted by Crippen LogP contribution is -2.19. The maximum absolute atomic E-state index is 13.1. The minimum Gasteiger partial charge on any atom is -0.461 e. The monoisotopic (exact) mass is 439 g/mol. The number of hydrogen-bond donors (Lipinski definition) is 1. The predicted molar refractivity (Wildman–Crippen MR) is 127 cm³/mol. The number of pyridine rings is 2. The van der Waals surface area contributed by atoms with E-state index in [0.29, 0.717) is 24.4 Å². The topological polar surface area (TPSA) is 77.0 Å². The molecule has 0 spiro atoms. The third-order valence-corrected chi connectivity index (χ3v) is 6.08. The summed E-state index contributed by atoms with van der Waals surface area (Å²) in [5.74, 6) is -0.364. The molecule has 0 radical (unpaired) electrons. The molecule has 33 heavy (non-hydrogen) atoms. The van der Waals surface area contributed by atoms with Crippen molar-refractivity contribution in [1.82, 2.24) is 14.5 Å². The highest BCUT2D eigenvalue weighted by molar-refractivity contribution is 5.90. The van der Waals surface area contributed by atoms with E-state index < -0.39 is 0 Å². The summed E-state index contributed by atoms with van der Waals surface area (Å²) in [4.78, 5) is 33.4. The largest absolute Gasteiger partial charge is 0.461 e. The van der Waals surface area contributed by atoms with Gasteiger partial charge >= 0.3 is 5.97 Å². The van der Waals surface area contributed by atoms with Crippen LogP contribution in [0.4, 0.5) is 0 Å². The highest BCUT2D eigenvalue weighted by Crippen LogP contribution is 2.36. The molecule has 6 nitrogen and oxygen atoms in total. The average Bonchev–Trinajstić information content (AvgIpc) is 3.20. The molecule has 0 aliphatic heterocycles. The van der Waals surface area contributed by atoms with E-state index in [9.17, 15) is 9.59 Å². The van der Waals surface area contributed by atoms with E-state index in [1.807, 2.05) is 72.3 Å². The zero-order chi connectivity index (χ0) is 22.9. The lowest BCUT2D eigenvalue weighted by molar-refractivity contribution is 0.0514. The van der Waals surface area contributed by atoms with Crippen LogP contribution in [0.15, 0.2) is 65.6 Å². The number of aromatic nitrogens is 3. The van der Waals surface area contributed by atoms with Crippen LogP contribution in [-0.2, 0) is 24.1 Å². The first-order valence-electron chi connectivity index (χ1n) is 11.2. The van der Waals surface area contributed by atoms with Crippen molar-refractivity contribution in [3.05, 3.63) is 99.2 Å². The summed E-state index contributed by atoms with van der Waals surface area (Å²) in [7, 11) is 0. The molecule has 0 saturated heterocycles. The van der Waals surface area contributed by atoms with Gasteiger partial charge < -0.3 is 14.3 Å². The Morgan fingerprint density at radius 3 is 2.61 bits per heavy atom. The van der Waals surface area contributed by atoms with E-state index in [1.54, 1.807) is 6.92 Å². The standard InChI is InChI=1S/C27H25N3O3/c1-3-33-27(32)23-14-21-12-11-20-13-22(19-7-5-4-6-8-19)26(31)29-24(20)25(21)30(23)16-18-10-9-17(2)28-15-18/h4-10,13-15H,3,11-12,16H2,1-2H3,(H,29,31). The number of carbonyl (C=O) groups is 1. The van der Waals surface area contributed by atoms with E-state index in [1.165, 1.54) is 0 Å². The molecule has 0 fully saturated rings. The fourth-order valence-electron chi connectivity index (χ4n) is 4.49. The third-order valence-electron chi connectivity index (χ3n) is 6.08. The highest BCUT2D eigenvalue weighted by Gasteiger charge is 2.28. The fraction of sp³-hybridized carbons (Fsp3) is 0.222. The quantitative estimate of drug-likeness (QED) is 0.463. The van der Waals surface area contributed by atoms with E-state index in [2.05, 4.69) is 9.97 Å². The van der Waals surface area contributed by atoms with Crippen molar-refractivity contribution in [2.24, 2.45) is 0 Å². The Bertz CT molecular complexity index is 1380. The molecule has 0 bridgehead atoms. The van der Waals surface area contributed by atoms with Crippen molar-refractivity contribution in [3.63, 3.8) is 0 Å². The second kappa shape index (κ2) is 8.54. The molecule has 3 aromatic heterocycles. The molecule has 1 aromatic carbocycles. The van der Waals surface area contributed by atoms with Crippen LogP contribution < -0.4 is 5.56 Å². The molecule has 0 saturated carbocycles. The number of aryl methyl sites for hydroxylation is 3. The number of carbonyl (C=O) groups excluding carboxylic acids is 1. The van der Waals surface area contributed by atoms with Crippen LogP contribution in [0.3, 0.4) is 0 Å². The number of benzene rings is 1. The molecule has 0 amide bonds. The SMILES string of the molecule is CCOC(=O)c1cc2c(n1Cc1ccc(C)nc1)-c1[nH]c(=O)c(-c3ccccc3)cc1CC2. The van der Waals surface area contributed by atoms with Gasteiger partial charge in [0.05, 0.1) is 18.0 Å². The average molecular weight is 440 g/mol. The molecular formula is C27H25N3O3. The summed E-state index contributed by atoms with van der Waals surface area (Å²) >= 11 is 0. The summed E-state index contributed by atoms with van der Waals surface area (Å²) in [6, 6.07) is 17.5. The number of fused-ring (bicyclic) bond motifs is 3. The van der Waals surface area contributed by atoms with Gasteiger partial charge in [0.15, 0.2) is 0 Å². The van der Waals surface area contributed by atoms with E-state index in [4.69, 9.17) is 4.74 Å². The number of nitrogens with zero attached hydrogens (tertiary/aromatic N) is 2. The van der Waals surface area contributed by atoms with Gasteiger partial charge in [0.2, 0.25) is 0 Å². The summed E-state index contributed by atoms with van der Waals surface area (Å²) < 4.78 is 7.30. The summed E-state index contributed by atoms with van der Waals surface area (Å²) in [5, 5.41) is 0. The molecule has 5 rings (SSSR count). The van der Waals surface area contributed by atoms with Gasteiger partial charge in [-0.05, 0) is 67.1 Å². The van der Waals surface area contributed by atoms with E-state index >= 15 is 0 Å². The van der Waals surface area contributed by atoms with Gasteiger partial charge in [0.25, 0.3) is 5.56 Å². The van der Waals surface area contributed by atoms with Crippen molar-refractivity contribution < 1.29 is 9.53 Å². The molecule has 1 N–H and O–H groups in total. The van der Waals surface area contributed by atoms with Gasteiger partial charge in [-0.2, -0.15) is 0 Å². The second-order valence-corrected chi connectivity index (χ2v) is 8.30. The molecule has 166 valence electrons. The van der Waals surface area contributed by atoms with Crippen LogP contribution >= 0.6 is 0 Å². The summed E-state index contributed by atoms with van der Waals surface area (Å²) in [6.07, 6.45) is 3.40. The Labute approximate surface area is 191 Å². The van der Waals surface area contributed by atoms with E-state index in [-0.39, 0.29) is 11.5 Å². The van der Waals surface area contributed by atoms with Crippen molar-refractivity contribution >= 4 is 5.97 Å². The predicted octanol–water partition coefficient (Wildman–Crippen LogP) is 4.54. The summed E-state index contributed by atoms with van der Waals surface area (Å²) in [5.41, 5.74) is 7.55. The number of aromatic amines is 1. The molecule has 0 atom stereocenters. The number of nitrogens with one attached hydrogen (secondary N) is 1. The minimum atomic E-state index is -0.364. The summed E-state index contributed by atoms with van der Waals surface area (Å²) in [6.45, 7) is 4.50. The van der Waals surface area contributed by atoms with Crippen LogP contribution in [0.1, 0.15) is 39.8 Å². The van der Waals surface area contributed by atoms with Crippen LogP contribution in [0.5, 0.6) is 0 Å². The Kier molecular flexibility index (Phi) is 5.42. The van der Waals surface area contributed by atoms with Gasteiger partial charge in [0, 0.05) is 24.0 Å². The molecule has 4 aromatic rings. The molecule has 3 heterocycles. The second-order valence-electron chi connectivity index (χ2n) is 8.30. The van der Waals surface area contributed by atoms with Crippen LogP contribution in [-0.4, -0.2) is 27.1 Å². The molecule has 6 heteroatoms. The molecule has 1 aliphatic carbocycles. The number of H-pyrrole nitrogens is 1. The Morgan fingerprint density at radius 2 is 1.88 bits per heavy atom. The van der Waals surface area contributed by atoms with Crippen LogP contribution in [0, 0.1) is 6.92 Å². The van der Waals surface area contributed by atoms with Crippen LogP contribution in [0.25, 0.3) is 22.5 Å². The van der Waals surface area contributed by atoms with Crippen LogP contribution in [0.2, 0.25) is 0 Å². The Balaban J connectivity index is 1.67. The first-order chi connectivity index (χ1) is 16.0.